The van der Waals surface area contributed by atoms with Gasteiger partial charge in [-0.05, 0) is 42.3 Å². The van der Waals surface area contributed by atoms with Crippen molar-refractivity contribution in [3.63, 3.8) is 0 Å². The molecule has 0 spiro atoms. The Morgan fingerprint density at radius 2 is 1.86 bits per heavy atom. The number of aliphatic hydroxyl groups is 1. The monoisotopic (exact) mass is 292 g/mol. The molecule has 0 saturated heterocycles. The highest BCUT2D eigenvalue weighted by atomic mass is 16.2. The summed E-state index contributed by atoms with van der Waals surface area (Å²) in [6.45, 7) is 0.120. The molecule has 0 aliphatic carbocycles. The Balaban J connectivity index is 1.84. The number of carbonyl (C=O) groups excluding carboxylic acids is 1. The van der Waals surface area contributed by atoms with Crippen molar-refractivity contribution in [2.45, 2.75) is 6.42 Å². The summed E-state index contributed by atoms with van der Waals surface area (Å²) in [7, 11) is 0. The Morgan fingerprint density at radius 1 is 1.05 bits per heavy atom. The Hall–Kier alpha value is -2.72. The highest BCUT2D eigenvalue weighted by molar-refractivity contribution is 6.12. The zero-order valence-corrected chi connectivity index (χ0v) is 12.0. The lowest BCUT2D eigenvalue weighted by molar-refractivity contribution is 0.102. The molecule has 3 aromatic rings. The first-order valence-corrected chi connectivity index (χ1v) is 7.13. The molecule has 1 heterocycles. The minimum atomic E-state index is -0.159. The van der Waals surface area contributed by atoms with E-state index in [0.717, 1.165) is 22.2 Å². The van der Waals surface area contributed by atoms with E-state index in [2.05, 4.69) is 10.3 Å². The van der Waals surface area contributed by atoms with E-state index in [1.807, 2.05) is 48.5 Å². The number of rotatable bonds is 4. The van der Waals surface area contributed by atoms with Crippen LogP contribution in [0.1, 0.15) is 15.9 Å². The number of pyridine rings is 1. The van der Waals surface area contributed by atoms with Crippen molar-refractivity contribution in [2.24, 2.45) is 0 Å². The van der Waals surface area contributed by atoms with Crippen LogP contribution in [0.2, 0.25) is 0 Å². The molecule has 1 amide bonds. The van der Waals surface area contributed by atoms with Crippen molar-refractivity contribution in [2.75, 3.05) is 11.9 Å². The molecule has 0 bridgehead atoms. The zero-order chi connectivity index (χ0) is 15.4. The molecule has 0 radical (unpaired) electrons. The number of anilines is 1. The third kappa shape index (κ3) is 2.97. The molecule has 0 atom stereocenters. The van der Waals surface area contributed by atoms with E-state index in [1.165, 1.54) is 0 Å². The second-order valence-corrected chi connectivity index (χ2v) is 5.00. The molecule has 4 heteroatoms. The smallest absolute Gasteiger partial charge is 0.256 e. The summed E-state index contributed by atoms with van der Waals surface area (Å²) in [5.74, 6) is -0.159. The van der Waals surface area contributed by atoms with Crippen molar-refractivity contribution in [1.29, 1.82) is 0 Å². The average molecular weight is 292 g/mol. The summed E-state index contributed by atoms with van der Waals surface area (Å²) in [6.07, 6.45) is 2.33. The van der Waals surface area contributed by atoms with Crippen LogP contribution in [0.5, 0.6) is 0 Å². The van der Waals surface area contributed by atoms with Crippen LogP contribution >= 0.6 is 0 Å². The van der Waals surface area contributed by atoms with Crippen LogP contribution in [0, 0.1) is 0 Å². The molecule has 0 fully saturated rings. The maximum atomic E-state index is 12.5. The molecule has 2 aromatic carbocycles. The van der Waals surface area contributed by atoms with E-state index in [0.29, 0.717) is 12.0 Å². The lowest BCUT2D eigenvalue weighted by Gasteiger charge is -2.08. The van der Waals surface area contributed by atoms with Gasteiger partial charge in [-0.25, -0.2) is 0 Å². The lowest BCUT2D eigenvalue weighted by Crippen LogP contribution is -2.12. The van der Waals surface area contributed by atoms with Crippen LogP contribution in [-0.4, -0.2) is 22.6 Å². The summed E-state index contributed by atoms with van der Waals surface area (Å²) in [4.78, 5) is 16.7. The number of hydrogen-bond acceptors (Lipinski definition) is 3. The third-order valence-corrected chi connectivity index (χ3v) is 3.50. The van der Waals surface area contributed by atoms with E-state index in [9.17, 15) is 4.79 Å². The standard InChI is InChI=1S/C18H16N2O2/c21-12-10-13-6-8-14(9-7-13)20-18(22)16-3-1-5-17-15(16)4-2-11-19-17/h1-9,11,21H,10,12H2,(H,20,22). The van der Waals surface area contributed by atoms with Gasteiger partial charge in [0, 0.05) is 29.4 Å². The van der Waals surface area contributed by atoms with E-state index >= 15 is 0 Å². The van der Waals surface area contributed by atoms with Crippen LogP contribution in [0.25, 0.3) is 10.9 Å². The largest absolute Gasteiger partial charge is 0.396 e. The molecule has 0 aliphatic rings. The first-order valence-electron chi connectivity index (χ1n) is 7.13. The number of nitrogens with zero attached hydrogens (tertiary/aromatic N) is 1. The Kier molecular flexibility index (Phi) is 4.12. The molecule has 3 rings (SSSR count). The zero-order valence-electron chi connectivity index (χ0n) is 12.0. The van der Waals surface area contributed by atoms with Gasteiger partial charge in [0.1, 0.15) is 0 Å². The summed E-state index contributed by atoms with van der Waals surface area (Å²) in [6, 6.07) is 16.7. The van der Waals surface area contributed by atoms with Crippen molar-refractivity contribution < 1.29 is 9.90 Å². The van der Waals surface area contributed by atoms with Crippen LogP contribution in [-0.2, 0) is 6.42 Å². The number of hydrogen-bond donors (Lipinski definition) is 2. The van der Waals surface area contributed by atoms with E-state index in [4.69, 9.17) is 5.11 Å². The number of carbonyl (C=O) groups is 1. The number of aromatic nitrogens is 1. The molecule has 0 unspecified atom stereocenters. The summed E-state index contributed by atoms with van der Waals surface area (Å²) in [5, 5.41) is 12.6. The predicted molar refractivity (Wildman–Crippen MR) is 86.9 cm³/mol. The van der Waals surface area contributed by atoms with Gasteiger partial charge in [-0.15, -0.1) is 0 Å². The van der Waals surface area contributed by atoms with E-state index < -0.39 is 0 Å². The third-order valence-electron chi connectivity index (χ3n) is 3.50. The van der Waals surface area contributed by atoms with Crippen molar-refractivity contribution in [1.82, 2.24) is 4.98 Å². The fourth-order valence-electron chi connectivity index (χ4n) is 2.38. The molecular formula is C18H16N2O2. The normalized spacial score (nSPS) is 10.6. The second-order valence-electron chi connectivity index (χ2n) is 5.00. The van der Waals surface area contributed by atoms with Gasteiger partial charge in [0.2, 0.25) is 0 Å². The fourth-order valence-corrected chi connectivity index (χ4v) is 2.38. The average Bonchev–Trinajstić information content (AvgIpc) is 2.56. The quantitative estimate of drug-likeness (QED) is 0.777. The highest BCUT2D eigenvalue weighted by Crippen LogP contribution is 2.18. The number of fused-ring (bicyclic) bond motifs is 1. The number of aliphatic hydroxyl groups excluding tert-OH is 1. The summed E-state index contributed by atoms with van der Waals surface area (Å²) in [5.41, 5.74) is 3.17. The summed E-state index contributed by atoms with van der Waals surface area (Å²) >= 11 is 0. The van der Waals surface area contributed by atoms with Crippen molar-refractivity contribution in [3.8, 4) is 0 Å². The molecule has 4 nitrogen and oxygen atoms in total. The van der Waals surface area contributed by atoms with E-state index in [1.54, 1.807) is 12.3 Å². The number of benzene rings is 2. The first-order chi connectivity index (χ1) is 10.8. The van der Waals surface area contributed by atoms with Crippen LogP contribution in [0.15, 0.2) is 60.8 Å². The summed E-state index contributed by atoms with van der Waals surface area (Å²) < 4.78 is 0. The maximum absolute atomic E-state index is 12.5. The molecule has 110 valence electrons. The van der Waals surface area contributed by atoms with Gasteiger partial charge >= 0.3 is 0 Å². The predicted octanol–water partition coefficient (Wildman–Crippen LogP) is 3.02. The number of nitrogens with one attached hydrogen (secondary N) is 1. The minimum Gasteiger partial charge on any atom is -0.396 e. The van der Waals surface area contributed by atoms with E-state index in [-0.39, 0.29) is 12.5 Å². The van der Waals surface area contributed by atoms with Gasteiger partial charge in [-0.2, -0.15) is 0 Å². The van der Waals surface area contributed by atoms with Gasteiger partial charge < -0.3 is 10.4 Å². The van der Waals surface area contributed by atoms with Gasteiger partial charge in [-0.1, -0.05) is 24.3 Å². The maximum Gasteiger partial charge on any atom is 0.256 e. The molecule has 2 N–H and O–H groups in total. The lowest BCUT2D eigenvalue weighted by atomic mass is 10.1. The number of amides is 1. The van der Waals surface area contributed by atoms with Crippen molar-refractivity contribution >= 4 is 22.5 Å². The topological polar surface area (TPSA) is 62.2 Å². The first kappa shape index (κ1) is 14.2. The molecule has 0 aliphatic heterocycles. The van der Waals surface area contributed by atoms with Crippen molar-refractivity contribution in [3.05, 3.63) is 71.9 Å². The minimum absolute atomic E-state index is 0.120. The SMILES string of the molecule is O=C(Nc1ccc(CCO)cc1)c1cccc2ncccc12. The Bertz CT molecular complexity index is 792. The Morgan fingerprint density at radius 3 is 2.64 bits per heavy atom. The van der Waals surface area contributed by atoms with Crippen LogP contribution in [0.3, 0.4) is 0 Å². The van der Waals surface area contributed by atoms with Crippen LogP contribution < -0.4 is 5.32 Å². The molecular weight excluding hydrogens is 276 g/mol. The van der Waals surface area contributed by atoms with Crippen LogP contribution in [0.4, 0.5) is 5.69 Å². The molecule has 22 heavy (non-hydrogen) atoms. The Labute approximate surface area is 128 Å². The van der Waals surface area contributed by atoms with Gasteiger partial charge in [0.25, 0.3) is 5.91 Å². The fraction of sp³-hybridized carbons (Fsp3) is 0.111. The van der Waals surface area contributed by atoms with Gasteiger partial charge in [-0.3, -0.25) is 9.78 Å². The molecule has 0 saturated carbocycles. The molecule has 1 aromatic heterocycles. The second kappa shape index (κ2) is 6.37. The highest BCUT2D eigenvalue weighted by Gasteiger charge is 2.10. The van der Waals surface area contributed by atoms with Gasteiger partial charge in [0.05, 0.1) is 5.52 Å². The van der Waals surface area contributed by atoms with Gasteiger partial charge in [0.15, 0.2) is 0 Å².